The molecule has 0 heterocycles. The molecule has 5 heteroatoms. The van der Waals surface area contributed by atoms with Crippen LogP contribution < -0.4 is 11.1 Å². The maximum absolute atomic E-state index is 13.6. The summed E-state index contributed by atoms with van der Waals surface area (Å²) in [5, 5.41) is 2.61. The number of halogens is 1. The number of carbonyl (C=O) groups excluding carboxylic acids is 1. The van der Waals surface area contributed by atoms with Crippen LogP contribution in [0.5, 0.6) is 0 Å². The molecule has 4 nitrogen and oxygen atoms in total. The third kappa shape index (κ3) is 4.87. The van der Waals surface area contributed by atoms with Crippen molar-refractivity contribution in [2.45, 2.75) is 45.4 Å². The second-order valence-corrected chi connectivity index (χ2v) is 5.48. The molecular formula is C14H21FN2O2. The number of nitrogens with one attached hydrogen (secondary N) is 1. The SMILES string of the molecule is C[C@H](NC(=O)OC(C)(C)C)[C@H](N)c1ccccc1F. The Morgan fingerprint density at radius 1 is 1.37 bits per heavy atom. The molecule has 1 aromatic carbocycles. The maximum atomic E-state index is 13.6. The Labute approximate surface area is 113 Å². The Morgan fingerprint density at radius 2 is 1.95 bits per heavy atom. The topological polar surface area (TPSA) is 64.3 Å². The van der Waals surface area contributed by atoms with Crippen LogP contribution in [-0.2, 0) is 4.74 Å². The van der Waals surface area contributed by atoms with Gasteiger partial charge in [0.15, 0.2) is 0 Å². The standard InChI is InChI=1S/C14H21FN2O2/c1-9(17-13(18)19-14(2,3)4)12(16)10-7-5-6-8-11(10)15/h5-9,12H,16H2,1-4H3,(H,17,18)/t9-,12-/m0/s1. The molecule has 0 aromatic heterocycles. The van der Waals surface area contributed by atoms with Crippen molar-refractivity contribution in [2.24, 2.45) is 5.73 Å². The van der Waals surface area contributed by atoms with Gasteiger partial charge in [0.2, 0.25) is 0 Å². The molecule has 0 aliphatic rings. The van der Waals surface area contributed by atoms with Gasteiger partial charge in [-0.25, -0.2) is 9.18 Å². The van der Waals surface area contributed by atoms with E-state index in [1.54, 1.807) is 45.9 Å². The zero-order valence-electron chi connectivity index (χ0n) is 11.7. The average Bonchev–Trinajstić information content (AvgIpc) is 2.26. The van der Waals surface area contributed by atoms with Crippen molar-refractivity contribution in [3.05, 3.63) is 35.6 Å². The van der Waals surface area contributed by atoms with Crippen LogP contribution in [0.4, 0.5) is 9.18 Å². The minimum absolute atomic E-state index is 0.367. The molecule has 106 valence electrons. The van der Waals surface area contributed by atoms with Crippen LogP contribution in [0.15, 0.2) is 24.3 Å². The van der Waals surface area contributed by atoms with E-state index in [-0.39, 0.29) is 5.82 Å². The van der Waals surface area contributed by atoms with Gasteiger partial charge in [-0.2, -0.15) is 0 Å². The van der Waals surface area contributed by atoms with Crippen LogP contribution in [0, 0.1) is 5.82 Å². The second-order valence-electron chi connectivity index (χ2n) is 5.48. The zero-order chi connectivity index (χ0) is 14.6. The van der Waals surface area contributed by atoms with Crippen LogP contribution in [0.1, 0.15) is 39.3 Å². The highest BCUT2D eigenvalue weighted by Gasteiger charge is 2.22. The van der Waals surface area contributed by atoms with Crippen LogP contribution >= 0.6 is 0 Å². The molecule has 0 saturated heterocycles. The lowest BCUT2D eigenvalue weighted by Gasteiger charge is -2.25. The predicted octanol–water partition coefficient (Wildman–Crippen LogP) is 2.74. The Hall–Kier alpha value is -1.62. The van der Waals surface area contributed by atoms with E-state index in [1.165, 1.54) is 6.07 Å². The van der Waals surface area contributed by atoms with Crippen molar-refractivity contribution < 1.29 is 13.9 Å². The molecular weight excluding hydrogens is 247 g/mol. The van der Waals surface area contributed by atoms with E-state index in [1.807, 2.05) is 0 Å². The summed E-state index contributed by atoms with van der Waals surface area (Å²) in [6.07, 6.45) is -0.563. The van der Waals surface area contributed by atoms with E-state index < -0.39 is 23.8 Å². The predicted molar refractivity (Wildman–Crippen MR) is 72.2 cm³/mol. The van der Waals surface area contributed by atoms with Crippen LogP contribution in [0.25, 0.3) is 0 Å². The van der Waals surface area contributed by atoms with Crippen molar-refractivity contribution in [2.75, 3.05) is 0 Å². The summed E-state index contributed by atoms with van der Waals surface area (Å²) in [5.74, 6) is -0.382. The summed E-state index contributed by atoms with van der Waals surface area (Å²) in [7, 11) is 0. The lowest BCUT2D eigenvalue weighted by molar-refractivity contribution is 0.0501. The minimum atomic E-state index is -0.631. The summed E-state index contributed by atoms with van der Waals surface area (Å²) in [6, 6.07) is 5.18. The average molecular weight is 268 g/mol. The first-order valence-corrected chi connectivity index (χ1v) is 6.20. The van der Waals surface area contributed by atoms with Gasteiger partial charge in [-0.3, -0.25) is 0 Å². The smallest absolute Gasteiger partial charge is 0.407 e. The number of benzene rings is 1. The fourth-order valence-corrected chi connectivity index (χ4v) is 1.60. The third-order valence-corrected chi connectivity index (χ3v) is 2.55. The van der Waals surface area contributed by atoms with Crippen LogP contribution in [0.2, 0.25) is 0 Å². The molecule has 0 bridgehead atoms. The summed E-state index contributed by atoms with van der Waals surface area (Å²) in [5.41, 5.74) is 5.73. The number of carbonyl (C=O) groups is 1. The lowest BCUT2D eigenvalue weighted by Crippen LogP contribution is -2.43. The molecule has 2 atom stereocenters. The summed E-state index contributed by atoms with van der Waals surface area (Å²) in [6.45, 7) is 7.02. The van der Waals surface area contributed by atoms with Gasteiger partial charge in [0.1, 0.15) is 11.4 Å². The quantitative estimate of drug-likeness (QED) is 0.886. The molecule has 0 unspecified atom stereocenters. The Morgan fingerprint density at radius 3 is 2.47 bits per heavy atom. The number of nitrogens with two attached hydrogens (primary N) is 1. The first-order valence-electron chi connectivity index (χ1n) is 6.20. The van der Waals surface area contributed by atoms with Crippen LogP contribution in [0.3, 0.4) is 0 Å². The molecule has 1 amide bonds. The van der Waals surface area contributed by atoms with Crippen molar-refractivity contribution in [3.8, 4) is 0 Å². The maximum Gasteiger partial charge on any atom is 0.407 e. The number of hydrogen-bond acceptors (Lipinski definition) is 3. The first kappa shape index (κ1) is 15.4. The summed E-state index contributed by atoms with van der Waals surface area (Å²) >= 11 is 0. The molecule has 3 N–H and O–H groups in total. The van der Waals surface area contributed by atoms with Crippen molar-refractivity contribution >= 4 is 6.09 Å². The van der Waals surface area contributed by atoms with Gasteiger partial charge in [-0.05, 0) is 33.8 Å². The Bertz CT molecular complexity index is 443. The van der Waals surface area contributed by atoms with Crippen molar-refractivity contribution in [1.82, 2.24) is 5.32 Å². The van der Waals surface area contributed by atoms with E-state index in [9.17, 15) is 9.18 Å². The molecule has 0 radical (unpaired) electrons. The molecule has 1 aromatic rings. The number of alkyl carbamates (subject to hydrolysis) is 1. The number of ether oxygens (including phenoxy) is 1. The van der Waals surface area contributed by atoms with Gasteiger partial charge < -0.3 is 15.8 Å². The molecule has 1 rings (SSSR count). The Kier molecular flexibility index (Phi) is 4.89. The van der Waals surface area contributed by atoms with Crippen molar-refractivity contribution in [3.63, 3.8) is 0 Å². The monoisotopic (exact) mass is 268 g/mol. The molecule has 0 fully saturated rings. The number of hydrogen-bond donors (Lipinski definition) is 2. The normalized spacial score (nSPS) is 14.6. The van der Waals surface area contributed by atoms with Gasteiger partial charge in [0.25, 0.3) is 0 Å². The van der Waals surface area contributed by atoms with Crippen molar-refractivity contribution in [1.29, 1.82) is 0 Å². The second kappa shape index (κ2) is 6.02. The lowest BCUT2D eigenvalue weighted by atomic mass is 10.0. The van der Waals surface area contributed by atoms with E-state index in [2.05, 4.69) is 5.32 Å². The van der Waals surface area contributed by atoms with Gasteiger partial charge in [0, 0.05) is 11.6 Å². The van der Waals surface area contributed by atoms with Gasteiger partial charge in [0.05, 0.1) is 6.04 Å². The molecule has 0 spiro atoms. The van der Waals surface area contributed by atoms with Crippen LogP contribution in [-0.4, -0.2) is 17.7 Å². The van der Waals surface area contributed by atoms with Gasteiger partial charge in [-0.1, -0.05) is 18.2 Å². The van der Waals surface area contributed by atoms with E-state index in [0.29, 0.717) is 5.56 Å². The van der Waals surface area contributed by atoms with E-state index in [4.69, 9.17) is 10.5 Å². The largest absolute Gasteiger partial charge is 0.444 e. The molecule has 0 saturated carbocycles. The zero-order valence-corrected chi connectivity index (χ0v) is 11.7. The van der Waals surface area contributed by atoms with E-state index >= 15 is 0 Å². The molecule has 0 aliphatic carbocycles. The van der Waals surface area contributed by atoms with Gasteiger partial charge in [-0.15, -0.1) is 0 Å². The fraction of sp³-hybridized carbons (Fsp3) is 0.500. The summed E-state index contributed by atoms with van der Waals surface area (Å²) < 4.78 is 18.7. The fourth-order valence-electron chi connectivity index (χ4n) is 1.60. The highest BCUT2D eigenvalue weighted by molar-refractivity contribution is 5.68. The Balaban J connectivity index is 2.66. The minimum Gasteiger partial charge on any atom is -0.444 e. The highest BCUT2D eigenvalue weighted by atomic mass is 19.1. The number of amides is 1. The van der Waals surface area contributed by atoms with Gasteiger partial charge >= 0.3 is 6.09 Å². The molecule has 0 aliphatic heterocycles. The van der Waals surface area contributed by atoms with E-state index in [0.717, 1.165) is 0 Å². The highest BCUT2D eigenvalue weighted by Crippen LogP contribution is 2.18. The molecule has 19 heavy (non-hydrogen) atoms. The number of rotatable bonds is 3. The first-order chi connectivity index (χ1) is 8.70. The summed E-state index contributed by atoms with van der Waals surface area (Å²) in [4.78, 5) is 11.6. The third-order valence-electron chi connectivity index (χ3n) is 2.55.